The van der Waals surface area contributed by atoms with E-state index >= 15 is 0 Å². The van der Waals surface area contributed by atoms with E-state index in [2.05, 4.69) is 22.5 Å². The van der Waals surface area contributed by atoms with E-state index < -0.39 is 11.7 Å². The van der Waals surface area contributed by atoms with Crippen LogP contribution in [0.4, 0.5) is 13.2 Å². The lowest BCUT2D eigenvalue weighted by Gasteiger charge is -2.14. The van der Waals surface area contributed by atoms with Crippen LogP contribution in [0.5, 0.6) is 0 Å². The third kappa shape index (κ3) is 5.29. The lowest BCUT2D eigenvalue weighted by molar-refractivity contribution is -0.0880. The molecule has 0 spiro atoms. The fourth-order valence-corrected chi connectivity index (χ4v) is 2.99. The Hall–Kier alpha value is -1.46. The lowest BCUT2D eigenvalue weighted by Crippen LogP contribution is -2.11. The molecule has 0 amide bonds. The van der Waals surface area contributed by atoms with Gasteiger partial charge in [0, 0.05) is 14.3 Å². The zero-order valence-corrected chi connectivity index (χ0v) is 14.7. The van der Waals surface area contributed by atoms with Crippen LogP contribution in [0, 0.1) is 6.92 Å². The van der Waals surface area contributed by atoms with E-state index in [1.54, 1.807) is 36.4 Å². The van der Waals surface area contributed by atoms with Crippen molar-refractivity contribution in [1.82, 2.24) is 0 Å². The molecule has 120 valence electrons. The van der Waals surface area contributed by atoms with Gasteiger partial charge in [0.2, 0.25) is 0 Å². The topological polar surface area (TPSA) is 0 Å². The molecule has 2 aromatic carbocycles. The molecule has 0 aliphatic heterocycles. The number of rotatable bonds is 4. The highest BCUT2D eigenvalue weighted by Crippen LogP contribution is 2.40. The molecule has 2 aromatic rings. The number of halogens is 4. The van der Waals surface area contributed by atoms with Gasteiger partial charge in [0.1, 0.15) is 0 Å². The maximum atomic E-state index is 13.1. The van der Waals surface area contributed by atoms with Crippen LogP contribution in [0.3, 0.4) is 0 Å². The van der Waals surface area contributed by atoms with Crippen LogP contribution >= 0.6 is 27.7 Å². The maximum absolute atomic E-state index is 13.1. The van der Waals surface area contributed by atoms with E-state index in [1.807, 2.05) is 19.1 Å². The zero-order valence-electron chi connectivity index (χ0n) is 12.3. The molecule has 0 saturated heterocycles. The minimum Gasteiger partial charge on any atom is -0.166 e. The Bertz CT molecular complexity index is 713. The number of benzene rings is 2. The molecule has 5 heteroatoms. The summed E-state index contributed by atoms with van der Waals surface area (Å²) in [6.45, 7) is 5.16. The molecule has 0 radical (unpaired) electrons. The molecule has 0 atom stereocenters. The van der Waals surface area contributed by atoms with Gasteiger partial charge in [-0.25, -0.2) is 0 Å². The van der Waals surface area contributed by atoms with Crippen molar-refractivity contribution in [3.05, 3.63) is 81.2 Å². The molecule has 2 rings (SSSR count). The Labute approximate surface area is 146 Å². The summed E-state index contributed by atoms with van der Waals surface area (Å²) in [6.07, 6.45) is -2.95. The Morgan fingerprint density at radius 1 is 1.04 bits per heavy atom. The normalized spacial score (nSPS) is 12.3. The molecule has 0 unspecified atom stereocenters. The van der Waals surface area contributed by atoms with Gasteiger partial charge in [0.05, 0.1) is 5.57 Å². The van der Waals surface area contributed by atoms with Gasteiger partial charge < -0.3 is 0 Å². The van der Waals surface area contributed by atoms with Gasteiger partial charge in [0.25, 0.3) is 0 Å². The first-order valence-electron chi connectivity index (χ1n) is 6.74. The molecule has 0 heterocycles. The summed E-state index contributed by atoms with van der Waals surface area (Å²) in [4.78, 5) is 0.827. The predicted molar refractivity (Wildman–Crippen MR) is 94.4 cm³/mol. The van der Waals surface area contributed by atoms with E-state index in [1.165, 1.54) is 6.08 Å². The van der Waals surface area contributed by atoms with Crippen molar-refractivity contribution >= 4 is 33.8 Å². The Morgan fingerprint density at radius 3 is 2.13 bits per heavy atom. The average molecular weight is 399 g/mol. The SMILES string of the molecule is C=C(/C(=C\c1ccc(Br)cc1)Sc1ccc(C)cc1)C(F)(F)F. The van der Waals surface area contributed by atoms with Gasteiger partial charge in [-0.1, -0.05) is 64.1 Å². The first-order valence-corrected chi connectivity index (χ1v) is 8.35. The summed E-state index contributed by atoms with van der Waals surface area (Å²) in [7, 11) is 0. The van der Waals surface area contributed by atoms with Crippen molar-refractivity contribution in [3.8, 4) is 0 Å². The van der Waals surface area contributed by atoms with Crippen molar-refractivity contribution in [2.45, 2.75) is 18.0 Å². The highest BCUT2D eigenvalue weighted by atomic mass is 79.9. The van der Waals surface area contributed by atoms with E-state index in [-0.39, 0.29) is 4.91 Å². The van der Waals surface area contributed by atoms with Crippen LogP contribution in [0.2, 0.25) is 0 Å². The van der Waals surface area contributed by atoms with Crippen LogP contribution in [-0.4, -0.2) is 6.18 Å². The van der Waals surface area contributed by atoms with Crippen LogP contribution in [0.1, 0.15) is 11.1 Å². The van der Waals surface area contributed by atoms with Gasteiger partial charge in [-0.2, -0.15) is 13.2 Å². The smallest absolute Gasteiger partial charge is 0.166 e. The van der Waals surface area contributed by atoms with Gasteiger partial charge in [0.15, 0.2) is 0 Å². The summed E-state index contributed by atoms with van der Waals surface area (Å²) in [5.41, 5.74) is 0.904. The summed E-state index contributed by atoms with van der Waals surface area (Å²) in [5, 5.41) is 0. The average Bonchev–Trinajstić information content (AvgIpc) is 2.49. The molecular weight excluding hydrogens is 385 g/mol. The van der Waals surface area contributed by atoms with Crippen LogP contribution in [0.15, 0.2) is 75.0 Å². The van der Waals surface area contributed by atoms with Crippen molar-refractivity contribution in [1.29, 1.82) is 0 Å². The fraction of sp³-hybridized carbons (Fsp3) is 0.111. The van der Waals surface area contributed by atoms with E-state index in [9.17, 15) is 13.2 Å². The van der Waals surface area contributed by atoms with Crippen LogP contribution in [-0.2, 0) is 0 Å². The molecular formula is C18H14BrF3S. The maximum Gasteiger partial charge on any atom is 0.416 e. The second kappa shape index (κ2) is 7.41. The van der Waals surface area contributed by atoms with E-state index in [4.69, 9.17) is 0 Å². The summed E-state index contributed by atoms with van der Waals surface area (Å²) in [6, 6.07) is 14.4. The molecule has 23 heavy (non-hydrogen) atoms. The van der Waals surface area contributed by atoms with Crippen LogP contribution in [0.25, 0.3) is 6.08 Å². The van der Waals surface area contributed by atoms with E-state index in [0.717, 1.165) is 26.7 Å². The number of allylic oxidation sites excluding steroid dienone is 1. The monoisotopic (exact) mass is 398 g/mol. The molecule has 0 aromatic heterocycles. The van der Waals surface area contributed by atoms with Crippen molar-refractivity contribution in [2.75, 3.05) is 0 Å². The van der Waals surface area contributed by atoms with Gasteiger partial charge in [-0.3, -0.25) is 0 Å². The minimum atomic E-state index is -4.46. The van der Waals surface area contributed by atoms with Gasteiger partial charge in [-0.05, 0) is 42.8 Å². The molecule has 0 bridgehead atoms. The third-order valence-corrected chi connectivity index (χ3v) is 4.68. The quantitative estimate of drug-likeness (QED) is 0.394. The van der Waals surface area contributed by atoms with Crippen molar-refractivity contribution in [3.63, 3.8) is 0 Å². The lowest BCUT2D eigenvalue weighted by atomic mass is 10.1. The second-order valence-corrected chi connectivity index (χ2v) is 6.98. The van der Waals surface area contributed by atoms with Crippen molar-refractivity contribution in [2.24, 2.45) is 0 Å². The number of alkyl halides is 3. The highest BCUT2D eigenvalue weighted by molar-refractivity contribution is 9.10. The number of thioether (sulfide) groups is 1. The molecule has 0 N–H and O–H groups in total. The van der Waals surface area contributed by atoms with Gasteiger partial charge in [-0.15, -0.1) is 0 Å². The summed E-state index contributed by atoms with van der Waals surface area (Å²) < 4.78 is 40.1. The molecule has 0 aliphatic carbocycles. The summed E-state index contributed by atoms with van der Waals surface area (Å²) in [5.74, 6) is 0. The Morgan fingerprint density at radius 2 is 1.61 bits per heavy atom. The molecule has 0 saturated carbocycles. The largest absolute Gasteiger partial charge is 0.416 e. The van der Waals surface area contributed by atoms with Crippen LogP contribution < -0.4 is 0 Å². The predicted octanol–water partition coefficient (Wildman–Crippen LogP) is 7.01. The minimum absolute atomic E-state index is 0.0867. The zero-order chi connectivity index (χ0) is 17.0. The Kier molecular flexibility index (Phi) is 5.76. The number of aryl methyl sites for hydroxylation is 1. The first-order chi connectivity index (χ1) is 10.8. The molecule has 0 nitrogen and oxygen atoms in total. The molecule has 0 fully saturated rings. The van der Waals surface area contributed by atoms with E-state index in [0.29, 0.717) is 5.56 Å². The fourth-order valence-electron chi connectivity index (χ4n) is 1.76. The third-order valence-electron chi connectivity index (χ3n) is 3.06. The highest BCUT2D eigenvalue weighted by Gasteiger charge is 2.34. The number of hydrogen-bond donors (Lipinski definition) is 0. The second-order valence-electron chi connectivity index (χ2n) is 4.95. The standard InChI is InChI=1S/C18H14BrF3S/c1-12-3-9-16(10-4-12)23-17(13(2)18(20,21)22)11-14-5-7-15(19)8-6-14/h3-11H,2H2,1H3/b17-11+. The van der Waals surface area contributed by atoms with Crippen molar-refractivity contribution < 1.29 is 13.2 Å². The number of hydrogen-bond acceptors (Lipinski definition) is 1. The Balaban J connectivity index is 2.37. The summed E-state index contributed by atoms with van der Waals surface area (Å²) >= 11 is 4.37. The first kappa shape index (κ1) is 17.9. The van der Waals surface area contributed by atoms with Gasteiger partial charge >= 0.3 is 6.18 Å². The molecule has 0 aliphatic rings.